The number of halogens is 1. The number of fused-ring (bicyclic) bond motifs is 1. The second kappa shape index (κ2) is 5.68. The number of nitrogens with two attached hydrogens (primary N) is 1. The van der Waals surface area contributed by atoms with E-state index in [9.17, 15) is 0 Å². The van der Waals surface area contributed by atoms with Crippen molar-refractivity contribution in [3.05, 3.63) is 50.9 Å². The zero-order valence-corrected chi connectivity index (χ0v) is 13.6. The van der Waals surface area contributed by atoms with Gasteiger partial charge >= 0.3 is 0 Å². The van der Waals surface area contributed by atoms with E-state index < -0.39 is 0 Å². The van der Waals surface area contributed by atoms with Crippen molar-refractivity contribution >= 4 is 38.3 Å². The highest BCUT2D eigenvalue weighted by atomic mass is 79.9. The maximum absolute atomic E-state index is 6.32. The summed E-state index contributed by atoms with van der Waals surface area (Å²) in [6, 6.07) is 10.3. The van der Waals surface area contributed by atoms with Crippen LogP contribution >= 0.6 is 27.3 Å². The van der Waals surface area contributed by atoms with Gasteiger partial charge in [-0.3, -0.25) is 0 Å². The molecule has 104 valence electrons. The van der Waals surface area contributed by atoms with Gasteiger partial charge in [0.2, 0.25) is 0 Å². The second-order valence-corrected chi connectivity index (χ2v) is 6.60. The number of para-hydroxylation sites is 2. The van der Waals surface area contributed by atoms with Crippen LogP contribution in [0.4, 0.5) is 0 Å². The SMILES string of the molecule is CCn1c(CC(N)c2cc(Br)cs2)nc2ccccc21. The number of aryl methyl sites for hydroxylation is 1. The van der Waals surface area contributed by atoms with Crippen molar-refractivity contribution in [2.24, 2.45) is 5.73 Å². The Bertz CT molecular complexity index is 732. The van der Waals surface area contributed by atoms with Crippen molar-refractivity contribution < 1.29 is 0 Å². The average molecular weight is 350 g/mol. The van der Waals surface area contributed by atoms with Crippen molar-refractivity contribution in [3.8, 4) is 0 Å². The summed E-state index contributed by atoms with van der Waals surface area (Å²) in [5.41, 5.74) is 8.55. The van der Waals surface area contributed by atoms with Crippen LogP contribution in [-0.2, 0) is 13.0 Å². The molecule has 3 nitrogen and oxygen atoms in total. The quantitative estimate of drug-likeness (QED) is 0.769. The topological polar surface area (TPSA) is 43.8 Å². The smallest absolute Gasteiger partial charge is 0.111 e. The lowest BCUT2D eigenvalue weighted by atomic mass is 10.2. The number of imidazole rings is 1. The predicted molar refractivity (Wildman–Crippen MR) is 88.1 cm³/mol. The molecule has 0 fully saturated rings. The Morgan fingerprint density at radius 3 is 2.90 bits per heavy atom. The maximum Gasteiger partial charge on any atom is 0.111 e. The molecule has 0 amide bonds. The van der Waals surface area contributed by atoms with Gasteiger partial charge in [-0.05, 0) is 41.1 Å². The number of thiophene rings is 1. The molecule has 3 rings (SSSR count). The molecule has 0 aliphatic carbocycles. The summed E-state index contributed by atoms with van der Waals surface area (Å²) >= 11 is 5.16. The first kappa shape index (κ1) is 13.8. The van der Waals surface area contributed by atoms with Crippen LogP contribution in [0.2, 0.25) is 0 Å². The molecule has 0 radical (unpaired) electrons. The molecule has 0 saturated heterocycles. The van der Waals surface area contributed by atoms with Crippen LogP contribution in [0.15, 0.2) is 40.2 Å². The van der Waals surface area contributed by atoms with Crippen molar-refractivity contribution in [1.29, 1.82) is 0 Å². The monoisotopic (exact) mass is 349 g/mol. The van der Waals surface area contributed by atoms with Gasteiger partial charge in [-0.15, -0.1) is 11.3 Å². The minimum absolute atomic E-state index is 0.00610. The molecule has 0 aliphatic heterocycles. The van der Waals surface area contributed by atoms with E-state index in [2.05, 4.69) is 57.1 Å². The van der Waals surface area contributed by atoms with Crippen molar-refractivity contribution in [2.75, 3.05) is 0 Å². The Morgan fingerprint density at radius 1 is 1.40 bits per heavy atom. The van der Waals surface area contributed by atoms with E-state index in [0.29, 0.717) is 0 Å². The average Bonchev–Trinajstić information content (AvgIpc) is 3.01. The zero-order chi connectivity index (χ0) is 14.1. The summed E-state index contributed by atoms with van der Waals surface area (Å²) in [7, 11) is 0. The molecule has 1 aromatic carbocycles. The number of hydrogen-bond donors (Lipinski definition) is 1. The van der Waals surface area contributed by atoms with Gasteiger partial charge in [0.1, 0.15) is 5.82 Å². The Balaban J connectivity index is 1.94. The first-order chi connectivity index (χ1) is 9.69. The predicted octanol–water partition coefficient (Wildman–Crippen LogP) is 4.12. The molecule has 0 aliphatic rings. The molecule has 2 N–H and O–H groups in total. The maximum atomic E-state index is 6.32. The summed E-state index contributed by atoms with van der Waals surface area (Å²) in [6.07, 6.45) is 0.759. The standard InChI is InChI=1S/C15H16BrN3S/c1-2-19-13-6-4-3-5-12(13)18-15(19)8-11(17)14-7-10(16)9-20-14/h3-7,9,11H,2,8,17H2,1H3. The van der Waals surface area contributed by atoms with Crippen LogP contribution in [0.5, 0.6) is 0 Å². The van der Waals surface area contributed by atoms with Crippen LogP contribution in [-0.4, -0.2) is 9.55 Å². The molecule has 2 aromatic heterocycles. The van der Waals surface area contributed by atoms with Gasteiger partial charge in [-0.1, -0.05) is 12.1 Å². The molecule has 20 heavy (non-hydrogen) atoms. The van der Waals surface area contributed by atoms with Gasteiger partial charge < -0.3 is 10.3 Å². The minimum atomic E-state index is -0.00610. The lowest BCUT2D eigenvalue weighted by Crippen LogP contribution is -2.15. The molecule has 3 aromatic rings. The molecule has 5 heteroatoms. The van der Waals surface area contributed by atoms with Gasteiger partial charge in [0.05, 0.1) is 11.0 Å². The van der Waals surface area contributed by atoms with Gasteiger partial charge in [-0.25, -0.2) is 4.98 Å². The van der Waals surface area contributed by atoms with E-state index in [1.807, 2.05) is 6.07 Å². The fourth-order valence-electron chi connectivity index (χ4n) is 2.45. The third kappa shape index (κ3) is 2.53. The van der Waals surface area contributed by atoms with Gasteiger partial charge in [-0.2, -0.15) is 0 Å². The van der Waals surface area contributed by atoms with E-state index in [0.717, 1.165) is 28.8 Å². The van der Waals surface area contributed by atoms with Gasteiger partial charge in [0.15, 0.2) is 0 Å². The summed E-state index contributed by atoms with van der Waals surface area (Å²) in [4.78, 5) is 5.92. The minimum Gasteiger partial charge on any atom is -0.328 e. The van der Waals surface area contributed by atoms with Crippen molar-refractivity contribution in [1.82, 2.24) is 9.55 Å². The Labute approximate surface area is 130 Å². The van der Waals surface area contributed by atoms with Crippen LogP contribution in [0.3, 0.4) is 0 Å². The first-order valence-corrected chi connectivity index (χ1v) is 8.30. The van der Waals surface area contributed by atoms with Crippen molar-refractivity contribution in [2.45, 2.75) is 25.9 Å². The van der Waals surface area contributed by atoms with E-state index in [-0.39, 0.29) is 6.04 Å². The lowest BCUT2D eigenvalue weighted by molar-refractivity contribution is 0.644. The normalized spacial score (nSPS) is 12.9. The molecule has 1 atom stereocenters. The summed E-state index contributed by atoms with van der Waals surface area (Å²) in [5.74, 6) is 1.06. The van der Waals surface area contributed by atoms with Crippen LogP contribution in [0, 0.1) is 0 Å². The molecule has 0 saturated carbocycles. The molecular weight excluding hydrogens is 334 g/mol. The Kier molecular flexibility index (Phi) is 3.92. The Morgan fingerprint density at radius 2 is 2.20 bits per heavy atom. The van der Waals surface area contributed by atoms with Crippen LogP contribution in [0.1, 0.15) is 23.7 Å². The highest BCUT2D eigenvalue weighted by Crippen LogP contribution is 2.27. The molecule has 0 bridgehead atoms. The first-order valence-electron chi connectivity index (χ1n) is 6.62. The second-order valence-electron chi connectivity index (χ2n) is 4.74. The van der Waals surface area contributed by atoms with Crippen LogP contribution < -0.4 is 5.73 Å². The lowest BCUT2D eigenvalue weighted by Gasteiger charge is -2.11. The summed E-state index contributed by atoms with van der Waals surface area (Å²) < 4.78 is 3.34. The Hall–Kier alpha value is -1.17. The number of aromatic nitrogens is 2. The van der Waals surface area contributed by atoms with E-state index in [4.69, 9.17) is 10.7 Å². The van der Waals surface area contributed by atoms with E-state index in [1.54, 1.807) is 11.3 Å². The number of benzene rings is 1. The third-order valence-electron chi connectivity index (χ3n) is 3.41. The third-order valence-corrected chi connectivity index (χ3v) is 5.23. The van der Waals surface area contributed by atoms with Gasteiger partial charge in [0, 0.05) is 33.7 Å². The molecule has 1 unspecified atom stereocenters. The summed E-state index contributed by atoms with van der Waals surface area (Å²) in [6.45, 7) is 3.06. The fourth-order valence-corrected chi connectivity index (χ4v) is 3.90. The molecule has 2 heterocycles. The van der Waals surface area contributed by atoms with Crippen molar-refractivity contribution in [3.63, 3.8) is 0 Å². The zero-order valence-electron chi connectivity index (χ0n) is 11.2. The van der Waals surface area contributed by atoms with E-state index in [1.165, 1.54) is 10.4 Å². The highest BCUT2D eigenvalue weighted by molar-refractivity contribution is 9.10. The van der Waals surface area contributed by atoms with Gasteiger partial charge in [0.25, 0.3) is 0 Å². The van der Waals surface area contributed by atoms with Crippen LogP contribution in [0.25, 0.3) is 11.0 Å². The largest absolute Gasteiger partial charge is 0.328 e. The number of rotatable bonds is 4. The number of nitrogens with zero attached hydrogens (tertiary/aromatic N) is 2. The number of hydrogen-bond acceptors (Lipinski definition) is 3. The molecule has 0 spiro atoms. The fraction of sp³-hybridized carbons (Fsp3) is 0.267. The van der Waals surface area contributed by atoms with E-state index >= 15 is 0 Å². The summed E-state index contributed by atoms with van der Waals surface area (Å²) in [5, 5.41) is 2.07. The highest BCUT2D eigenvalue weighted by Gasteiger charge is 2.15. The molecular formula is C15H16BrN3S.